The second-order valence-electron chi connectivity index (χ2n) is 18.4. The predicted octanol–water partition coefficient (Wildman–Crippen LogP) is 16.2. The van der Waals surface area contributed by atoms with Crippen molar-refractivity contribution in [3.05, 3.63) is 24.3 Å². The molecule has 1 aliphatic rings. The Hall–Kier alpha value is -2.23. The second-order valence-corrected chi connectivity index (χ2v) is 18.4. The summed E-state index contributed by atoms with van der Waals surface area (Å²) < 4.78 is 24.3. The molecule has 0 aliphatic heterocycles. The van der Waals surface area contributed by atoms with Gasteiger partial charge in [-0.25, -0.2) is 0 Å². The number of esters is 2. The minimum absolute atomic E-state index is 0.174. The Morgan fingerprint density at radius 2 is 0.954 bits per heavy atom. The molecule has 0 aromatic rings. The summed E-state index contributed by atoms with van der Waals surface area (Å²) in [6.45, 7) is 21.8. The van der Waals surface area contributed by atoms with Gasteiger partial charge in [0.25, 0.3) is 6.47 Å². The van der Waals surface area contributed by atoms with E-state index in [9.17, 15) is 9.59 Å². The molecule has 0 radical (unpaired) electrons. The number of carbonyl (C=O) groups is 3. The van der Waals surface area contributed by atoms with Crippen molar-refractivity contribution in [2.75, 3.05) is 19.8 Å². The molecule has 0 aromatic carbocycles. The number of rotatable bonds is 40. The average Bonchev–Trinajstić information content (AvgIpc) is 3.66. The van der Waals surface area contributed by atoms with E-state index in [4.69, 9.17) is 28.8 Å². The summed E-state index contributed by atoms with van der Waals surface area (Å²) in [6.07, 6.45) is 42.3. The van der Waals surface area contributed by atoms with Gasteiger partial charge in [-0.1, -0.05) is 202 Å². The van der Waals surface area contributed by atoms with Crippen LogP contribution in [-0.4, -0.2) is 67.8 Å². The van der Waals surface area contributed by atoms with Gasteiger partial charge in [0.05, 0.1) is 6.42 Å². The molecule has 65 heavy (non-hydrogen) atoms. The highest BCUT2D eigenvalue weighted by molar-refractivity contribution is 5.70. The highest BCUT2D eigenvalue weighted by Crippen LogP contribution is 2.27. The Balaban J connectivity index is -0.00000312. The van der Waals surface area contributed by atoms with E-state index in [0.717, 1.165) is 83.1 Å². The quantitative estimate of drug-likeness (QED) is 0.0203. The lowest BCUT2D eigenvalue weighted by molar-refractivity contribution is -0.170. The van der Waals surface area contributed by atoms with Gasteiger partial charge in [-0.05, 0) is 70.3 Å². The first-order valence-electron chi connectivity index (χ1n) is 27.4. The predicted molar refractivity (Wildman–Crippen MR) is 277 cm³/mol. The third-order valence-corrected chi connectivity index (χ3v) is 11.3. The Kier molecular flexibility index (Phi) is 57.9. The van der Waals surface area contributed by atoms with Gasteiger partial charge < -0.3 is 29.4 Å². The van der Waals surface area contributed by atoms with Crippen LogP contribution in [0.15, 0.2) is 24.3 Å². The second kappa shape index (κ2) is 56.1. The smallest absolute Gasteiger partial charge is 0.306 e. The van der Waals surface area contributed by atoms with Gasteiger partial charge in [0, 0.05) is 44.9 Å². The van der Waals surface area contributed by atoms with Crippen LogP contribution in [0.5, 0.6) is 0 Å². The molecule has 3 unspecified atom stereocenters. The van der Waals surface area contributed by atoms with Crippen LogP contribution < -0.4 is 5.32 Å². The molecule has 1 rings (SSSR count). The SMILES string of the molecule is CCC.CCC(C)C.CCCCC/C=C\C/C=C\CCCCCCCC(=O)OC1CC(NCCCC)CC1OC(=O)CCC(OCCCCCCCC)OCCCCCCCC.O=CO. The van der Waals surface area contributed by atoms with Crippen LogP contribution >= 0.6 is 0 Å². The molecular weight excluding hydrogens is 815 g/mol. The summed E-state index contributed by atoms with van der Waals surface area (Å²) >= 11 is 0. The zero-order valence-corrected chi connectivity index (χ0v) is 44.3. The van der Waals surface area contributed by atoms with Crippen molar-refractivity contribution < 1.29 is 38.4 Å². The molecule has 0 aromatic heterocycles. The van der Waals surface area contributed by atoms with Crippen molar-refractivity contribution in [1.29, 1.82) is 0 Å². The van der Waals surface area contributed by atoms with Crippen LogP contribution in [0, 0.1) is 5.92 Å². The minimum Gasteiger partial charge on any atom is -0.483 e. The van der Waals surface area contributed by atoms with Crippen molar-refractivity contribution in [3.8, 4) is 0 Å². The lowest BCUT2D eigenvalue weighted by atomic mass is 10.1. The van der Waals surface area contributed by atoms with Crippen molar-refractivity contribution in [2.24, 2.45) is 5.92 Å². The summed E-state index contributed by atoms with van der Waals surface area (Å²) in [7, 11) is 0. The number of unbranched alkanes of at least 4 members (excludes halogenated alkanes) is 19. The van der Waals surface area contributed by atoms with Crippen molar-refractivity contribution in [1.82, 2.24) is 5.32 Å². The molecule has 0 bridgehead atoms. The van der Waals surface area contributed by atoms with Crippen LogP contribution in [0.2, 0.25) is 0 Å². The summed E-state index contributed by atoms with van der Waals surface area (Å²) in [4.78, 5) is 34.5. The standard InChI is InChI=1S/C47H87NO6.C5H12.C3H8.CH2O2/c1-5-9-13-16-19-20-21-22-23-24-25-26-27-28-31-34-45(49)53-43-40-42(48-37-12-8-4)41-44(43)54-46(50)35-36-47(51-38-32-29-17-14-10-6-2)52-39-33-30-18-15-11-7-3;1-4-5(2)3;1-3-2;2-1-3/h19-20,22-23,42-44,47-48H,5-18,21,24-41H2,1-4H3;5H,4H2,1-3H3;3H2,1-2H3;1H,(H,2,3)/b20-19-,23-22-;;;. The highest BCUT2D eigenvalue weighted by atomic mass is 16.7. The zero-order chi connectivity index (χ0) is 48.9. The lowest BCUT2D eigenvalue weighted by Gasteiger charge is -2.22. The molecule has 9 nitrogen and oxygen atoms in total. The van der Waals surface area contributed by atoms with Crippen molar-refractivity contribution in [2.45, 2.75) is 292 Å². The van der Waals surface area contributed by atoms with Gasteiger partial charge in [0.2, 0.25) is 0 Å². The number of ether oxygens (including phenoxy) is 4. The largest absolute Gasteiger partial charge is 0.483 e. The van der Waals surface area contributed by atoms with E-state index in [-0.39, 0.29) is 30.9 Å². The van der Waals surface area contributed by atoms with E-state index >= 15 is 0 Å². The third kappa shape index (κ3) is 52.6. The normalized spacial score (nSPS) is 15.6. The summed E-state index contributed by atoms with van der Waals surface area (Å²) in [5.41, 5.74) is 0. The molecule has 2 N–H and O–H groups in total. The van der Waals surface area contributed by atoms with E-state index in [1.807, 2.05) is 0 Å². The topological polar surface area (TPSA) is 120 Å². The van der Waals surface area contributed by atoms with Crippen molar-refractivity contribution in [3.63, 3.8) is 0 Å². The molecule has 3 atom stereocenters. The van der Waals surface area contributed by atoms with Gasteiger partial charge in [-0.2, -0.15) is 0 Å². The molecular formula is C56H109NO8. The van der Waals surface area contributed by atoms with Gasteiger partial charge in [0.15, 0.2) is 6.29 Å². The average molecular weight is 924 g/mol. The fourth-order valence-corrected chi connectivity index (χ4v) is 7.04. The number of nitrogens with one attached hydrogen (secondary N) is 1. The number of allylic oxidation sites excluding steroid dienone is 4. The highest BCUT2D eigenvalue weighted by Gasteiger charge is 2.39. The Morgan fingerprint density at radius 1 is 0.569 bits per heavy atom. The zero-order valence-electron chi connectivity index (χ0n) is 44.3. The Labute approximate surface area is 403 Å². The summed E-state index contributed by atoms with van der Waals surface area (Å²) in [5, 5.41) is 10.5. The van der Waals surface area contributed by atoms with E-state index < -0.39 is 18.5 Å². The molecule has 0 saturated heterocycles. The molecule has 0 amide bonds. The van der Waals surface area contributed by atoms with Gasteiger partial charge in [0.1, 0.15) is 12.2 Å². The van der Waals surface area contributed by atoms with Crippen LogP contribution in [0.25, 0.3) is 0 Å². The third-order valence-electron chi connectivity index (χ3n) is 11.3. The molecule has 0 spiro atoms. The first-order valence-corrected chi connectivity index (χ1v) is 27.4. The summed E-state index contributed by atoms with van der Waals surface area (Å²) in [6, 6.07) is 0.178. The number of carboxylic acid groups (broad SMARTS) is 1. The van der Waals surface area contributed by atoms with Crippen LogP contribution in [-0.2, 0) is 33.3 Å². The first kappa shape index (κ1) is 67.0. The number of hydrogen-bond acceptors (Lipinski definition) is 8. The molecule has 1 saturated carbocycles. The fourth-order valence-electron chi connectivity index (χ4n) is 7.04. The van der Waals surface area contributed by atoms with Crippen LogP contribution in [0.3, 0.4) is 0 Å². The van der Waals surface area contributed by atoms with Gasteiger partial charge in [-0.3, -0.25) is 14.4 Å². The number of hydrogen-bond donors (Lipinski definition) is 2. The maximum Gasteiger partial charge on any atom is 0.306 e. The maximum atomic E-state index is 13.2. The molecule has 386 valence electrons. The Morgan fingerprint density at radius 3 is 1.42 bits per heavy atom. The van der Waals surface area contributed by atoms with E-state index in [0.29, 0.717) is 38.9 Å². The van der Waals surface area contributed by atoms with Gasteiger partial charge in [-0.15, -0.1) is 0 Å². The van der Waals surface area contributed by atoms with Gasteiger partial charge >= 0.3 is 11.9 Å². The molecule has 9 heteroatoms. The van der Waals surface area contributed by atoms with Crippen molar-refractivity contribution >= 4 is 18.4 Å². The molecule has 1 aliphatic carbocycles. The van der Waals surface area contributed by atoms with Crippen LogP contribution in [0.4, 0.5) is 0 Å². The monoisotopic (exact) mass is 924 g/mol. The van der Waals surface area contributed by atoms with E-state index in [1.54, 1.807) is 0 Å². The summed E-state index contributed by atoms with van der Waals surface area (Å²) in [5.74, 6) is 0.447. The maximum absolute atomic E-state index is 13.2. The minimum atomic E-state index is -0.420. The molecule has 1 fully saturated rings. The van der Waals surface area contributed by atoms with E-state index in [2.05, 4.69) is 91.9 Å². The van der Waals surface area contributed by atoms with Crippen LogP contribution in [0.1, 0.15) is 268 Å². The first-order chi connectivity index (χ1) is 31.6. The molecule has 0 heterocycles. The van der Waals surface area contributed by atoms with E-state index in [1.165, 1.54) is 103 Å². The Bertz CT molecular complexity index is 1020. The number of carbonyl (C=O) groups excluding carboxylic acids is 2. The lowest BCUT2D eigenvalue weighted by Crippen LogP contribution is -2.31. The fraction of sp³-hybridized carbons (Fsp3) is 0.875.